The topological polar surface area (TPSA) is 30.5 Å². The Balaban J connectivity index is 3.13. The minimum absolute atomic E-state index is 0.0299. The van der Waals surface area contributed by atoms with Gasteiger partial charge in [-0.1, -0.05) is 22.6 Å². The highest BCUT2D eigenvalue weighted by Crippen LogP contribution is 2.11. The van der Waals surface area contributed by atoms with E-state index < -0.39 is 0 Å². The highest BCUT2D eigenvalue weighted by Gasteiger charge is 2.09. The van der Waals surface area contributed by atoms with Crippen LogP contribution in [-0.4, -0.2) is 35.5 Å². The Labute approximate surface area is 127 Å². The number of ether oxygens (including phenoxy) is 2. The van der Waals surface area contributed by atoms with Crippen LogP contribution in [-0.2, 0) is 9.47 Å². The number of hydrogen-bond acceptors (Lipinski definition) is 3. The molecule has 110 valence electrons. The predicted molar refractivity (Wildman–Crippen MR) is 86.5 cm³/mol. The zero-order valence-electron chi connectivity index (χ0n) is 12.6. The third kappa shape index (κ3) is 16.6. The van der Waals surface area contributed by atoms with Crippen molar-refractivity contribution >= 4 is 22.6 Å². The Bertz CT molecular complexity index is 175. The van der Waals surface area contributed by atoms with Gasteiger partial charge in [0.1, 0.15) is 0 Å². The molecular weight excluding hydrogens is 341 g/mol. The SMILES string of the molecule is CC(C)(I)NCCCCOCCCOC(C)(C)C. The second-order valence-corrected chi connectivity index (χ2v) is 8.73. The number of nitrogens with one attached hydrogen (secondary N) is 1. The predicted octanol–water partition coefficient (Wildman–Crippen LogP) is 3.75. The molecule has 0 bridgehead atoms. The minimum atomic E-state index is -0.0299. The Morgan fingerprint density at radius 3 is 2.06 bits per heavy atom. The molecule has 0 atom stereocenters. The second kappa shape index (κ2) is 9.50. The van der Waals surface area contributed by atoms with Crippen LogP contribution in [0, 0.1) is 0 Å². The molecular formula is C14H30INO2. The van der Waals surface area contributed by atoms with Crippen molar-refractivity contribution in [3.8, 4) is 0 Å². The van der Waals surface area contributed by atoms with Crippen LogP contribution in [0.2, 0.25) is 0 Å². The summed E-state index contributed by atoms with van der Waals surface area (Å²) in [7, 11) is 0. The molecule has 0 amide bonds. The number of hydrogen-bond donors (Lipinski definition) is 1. The fourth-order valence-electron chi connectivity index (χ4n) is 1.36. The summed E-state index contributed by atoms with van der Waals surface area (Å²) in [5, 5.41) is 3.46. The zero-order chi connectivity index (χ0) is 14.1. The molecule has 0 heterocycles. The van der Waals surface area contributed by atoms with Gasteiger partial charge in [-0.15, -0.1) is 0 Å². The fourth-order valence-corrected chi connectivity index (χ4v) is 1.63. The summed E-state index contributed by atoms with van der Waals surface area (Å²) in [5.74, 6) is 0. The van der Waals surface area contributed by atoms with E-state index in [1.165, 1.54) is 6.42 Å². The van der Waals surface area contributed by atoms with Crippen LogP contribution >= 0.6 is 22.6 Å². The number of alkyl halides is 1. The zero-order valence-corrected chi connectivity index (χ0v) is 14.8. The average molecular weight is 371 g/mol. The van der Waals surface area contributed by atoms with Crippen molar-refractivity contribution in [2.45, 2.75) is 63.0 Å². The summed E-state index contributed by atoms with van der Waals surface area (Å²) in [5.41, 5.74) is -0.0299. The number of rotatable bonds is 10. The first kappa shape index (κ1) is 18.6. The van der Waals surface area contributed by atoms with E-state index in [1.807, 2.05) is 0 Å². The second-order valence-electron chi connectivity index (χ2n) is 6.03. The molecule has 0 rings (SSSR count). The first-order valence-electron chi connectivity index (χ1n) is 6.86. The van der Waals surface area contributed by atoms with E-state index in [4.69, 9.17) is 9.47 Å². The van der Waals surface area contributed by atoms with E-state index in [2.05, 4.69) is 62.5 Å². The van der Waals surface area contributed by atoms with Gasteiger partial charge in [0.25, 0.3) is 0 Å². The molecule has 0 aromatic rings. The highest BCUT2D eigenvalue weighted by molar-refractivity contribution is 14.1. The van der Waals surface area contributed by atoms with Crippen molar-refractivity contribution in [1.82, 2.24) is 5.32 Å². The van der Waals surface area contributed by atoms with Gasteiger partial charge < -0.3 is 14.8 Å². The lowest BCUT2D eigenvalue weighted by Crippen LogP contribution is -2.33. The maximum atomic E-state index is 5.62. The molecule has 0 aliphatic carbocycles. The quantitative estimate of drug-likeness (QED) is 0.275. The molecule has 3 nitrogen and oxygen atoms in total. The van der Waals surface area contributed by atoms with Gasteiger partial charge >= 0.3 is 0 Å². The monoisotopic (exact) mass is 371 g/mol. The molecule has 4 heteroatoms. The summed E-state index contributed by atoms with van der Waals surface area (Å²) >= 11 is 2.41. The third-order valence-electron chi connectivity index (χ3n) is 2.23. The third-order valence-corrected chi connectivity index (χ3v) is 2.61. The van der Waals surface area contributed by atoms with Crippen LogP contribution in [0.5, 0.6) is 0 Å². The molecule has 0 aromatic heterocycles. The molecule has 0 aromatic carbocycles. The molecule has 18 heavy (non-hydrogen) atoms. The maximum Gasteiger partial charge on any atom is 0.0648 e. The van der Waals surface area contributed by atoms with Crippen LogP contribution in [0.1, 0.15) is 53.9 Å². The lowest BCUT2D eigenvalue weighted by molar-refractivity contribution is -0.0140. The van der Waals surface area contributed by atoms with Gasteiger partial charge in [0.05, 0.1) is 9.15 Å². The lowest BCUT2D eigenvalue weighted by Gasteiger charge is -2.19. The normalized spacial score (nSPS) is 13.0. The van der Waals surface area contributed by atoms with E-state index in [-0.39, 0.29) is 9.15 Å². The Kier molecular flexibility index (Phi) is 9.83. The Hall–Kier alpha value is 0.610. The summed E-state index contributed by atoms with van der Waals surface area (Å²) in [4.78, 5) is 0. The average Bonchev–Trinajstić information content (AvgIpc) is 2.17. The van der Waals surface area contributed by atoms with Crippen molar-refractivity contribution in [2.75, 3.05) is 26.4 Å². The van der Waals surface area contributed by atoms with E-state index in [0.29, 0.717) is 0 Å². The van der Waals surface area contributed by atoms with Crippen molar-refractivity contribution in [3.63, 3.8) is 0 Å². The highest BCUT2D eigenvalue weighted by atomic mass is 127. The first-order chi connectivity index (χ1) is 8.21. The van der Waals surface area contributed by atoms with E-state index in [0.717, 1.165) is 39.2 Å². The fraction of sp³-hybridized carbons (Fsp3) is 1.00. The number of unbranched alkanes of at least 4 members (excludes halogenated alkanes) is 1. The van der Waals surface area contributed by atoms with Crippen molar-refractivity contribution < 1.29 is 9.47 Å². The molecule has 0 aliphatic heterocycles. The van der Waals surface area contributed by atoms with Gasteiger partial charge in [0.15, 0.2) is 0 Å². The van der Waals surface area contributed by atoms with E-state index in [1.54, 1.807) is 0 Å². The van der Waals surface area contributed by atoms with Crippen LogP contribution in [0.4, 0.5) is 0 Å². The van der Waals surface area contributed by atoms with Gasteiger partial charge in [-0.3, -0.25) is 0 Å². The van der Waals surface area contributed by atoms with Gasteiger partial charge in [0, 0.05) is 19.8 Å². The molecule has 0 saturated heterocycles. The first-order valence-corrected chi connectivity index (χ1v) is 7.94. The maximum absolute atomic E-state index is 5.62. The summed E-state index contributed by atoms with van der Waals surface area (Å²) in [6.45, 7) is 14.1. The van der Waals surface area contributed by atoms with Gasteiger partial charge in [-0.25, -0.2) is 0 Å². The van der Waals surface area contributed by atoms with Crippen LogP contribution in [0.15, 0.2) is 0 Å². The number of halogens is 1. The van der Waals surface area contributed by atoms with Crippen molar-refractivity contribution in [3.05, 3.63) is 0 Å². The summed E-state index contributed by atoms with van der Waals surface area (Å²) < 4.78 is 11.4. The largest absolute Gasteiger partial charge is 0.381 e. The molecule has 0 unspecified atom stereocenters. The molecule has 0 saturated carbocycles. The van der Waals surface area contributed by atoms with Crippen LogP contribution in [0.25, 0.3) is 0 Å². The Morgan fingerprint density at radius 1 is 0.889 bits per heavy atom. The summed E-state index contributed by atoms with van der Waals surface area (Å²) in [6.07, 6.45) is 3.28. The molecule has 0 spiro atoms. The van der Waals surface area contributed by atoms with Crippen LogP contribution < -0.4 is 5.32 Å². The van der Waals surface area contributed by atoms with Crippen molar-refractivity contribution in [1.29, 1.82) is 0 Å². The molecule has 1 N–H and O–H groups in total. The van der Waals surface area contributed by atoms with Gasteiger partial charge in [-0.2, -0.15) is 0 Å². The standard InChI is InChI=1S/C14H30INO2/c1-13(2,3)18-12-8-11-17-10-7-6-9-16-14(4,5)15/h16H,6-12H2,1-5H3. The molecule has 0 radical (unpaired) electrons. The van der Waals surface area contributed by atoms with E-state index >= 15 is 0 Å². The minimum Gasteiger partial charge on any atom is -0.381 e. The van der Waals surface area contributed by atoms with Crippen LogP contribution in [0.3, 0.4) is 0 Å². The van der Waals surface area contributed by atoms with E-state index in [9.17, 15) is 0 Å². The van der Waals surface area contributed by atoms with Gasteiger partial charge in [-0.05, 0) is 60.4 Å². The summed E-state index contributed by atoms with van der Waals surface area (Å²) in [6, 6.07) is 0. The Morgan fingerprint density at radius 2 is 1.50 bits per heavy atom. The smallest absolute Gasteiger partial charge is 0.0648 e. The van der Waals surface area contributed by atoms with Crippen molar-refractivity contribution in [2.24, 2.45) is 0 Å². The lowest BCUT2D eigenvalue weighted by atomic mass is 10.2. The molecule has 0 fully saturated rings. The molecule has 0 aliphatic rings. The van der Waals surface area contributed by atoms with Gasteiger partial charge in [0.2, 0.25) is 0 Å².